The fourth-order valence-electron chi connectivity index (χ4n) is 2.95. The van der Waals surface area contributed by atoms with Crippen molar-refractivity contribution in [3.05, 3.63) is 35.4 Å². The second-order valence-electron chi connectivity index (χ2n) is 6.04. The maximum atomic E-state index is 12.6. The van der Waals surface area contributed by atoms with Gasteiger partial charge in [0.25, 0.3) is 0 Å². The van der Waals surface area contributed by atoms with Gasteiger partial charge in [-0.2, -0.15) is 0 Å². The van der Waals surface area contributed by atoms with Crippen LogP contribution in [0.15, 0.2) is 24.3 Å². The Hall–Kier alpha value is -1.00. The number of hydrogen-bond donors (Lipinski definition) is 2. The molecule has 1 amide bonds. The average molecular weight is 291 g/mol. The lowest BCUT2D eigenvalue weighted by Crippen LogP contribution is -2.52. The number of aliphatic hydroxyl groups excluding tert-OH is 1. The van der Waals surface area contributed by atoms with E-state index in [-0.39, 0.29) is 17.8 Å². The quantitative estimate of drug-likeness (QED) is 0.895. The fourth-order valence-corrected chi connectivity index (χ4v) is 4.14. The second kappa shape index (κ2) is 5.41. The van der Waals surface area contributed by atoms with Gasteiger partial charge in [0.1, 0.15) is 5.25 Å². The number of carbonyl (C=O) groups excluding carboxylic acids is 1. The first-order chi connectivity index (χ1) is 9.64. The molecule has 0 aromatic heterocycles. The standard InChI is InChI=1S/C16H21NO2S/c1-16(10-18,12-6-7-12)17-15(19)14-13-5-3-2-4-11(13)8-9-20-14/h2-5,12,14,18H,6-10H2,1H3,(H,17,19). The third-order valence-electron chi connectivity index (χ3n) is 4.45. The molecular formula is C16H21NO2S. The Labute approximate surface area is 124 Å². The minimum Gasteiger partial charge on any atom is -0.394 e. The molecule has 108 valence electrons. The molecule has 0 spiro atoms. The third kappa shape index (κ3) is 2.59. The van der Waals surface area contributed by atoms with Gasteiger partial charge in [-0.15, -0.1) is 11.8 Å². The minimum atomic E-state index is -0.454. The first-order valence-electron chi connectivity index (χ1n) is 7.26. The van der Waals surface area contributed by atoms with Gasteiger partial charge in [-0.25, -0.2) is 0 Å². The molecule has 1 aliphatic carbocycles. The van der Waals surface area contributed by atoms with Crippen LogP contribution in [0, 0.1) is 5.92 Å². The highest BCUT2D eigenvalue weighted by molar-refractivity contribution is 8.00. The van der Waals surface area contributed by atoms with Crippen molar-refractivity contribution in [1.82, 2.24) is 5.32 Å². The molecule has 0 radical (unpaired) electrons. The number of aliphatic hydroxyl groups is 1. The van der Waals surface area contributed by atoms with E-state index >= 15 is 0 Å². The zero-order chi connectivity index (χ0) is 14.2. The van der Waals surface area contributed by atoms with E-state index < -0.39 is 5.54 Å². The van der Waals surface area contributed by atoms with E-state index in [2.05, 4.69) is 17.4 Å². The van der Waals surface area contributed by atoms with Crippen LogP contribution in [0.2, 0.25) is 0 Å². The van der Waals surface area contributed by atoms with Gasteiger partial charge in [-0.05, 0) is 49.0 Å². The van der Waals surface area contributed by atoms with Gasteiger partial charge in [0, 0.05) is 0 Å². The van der Waals surface area contributed by atoms with Crippen LogP contribution in [0.4, 0.5) is 0 Å². The Bertz CT molecular complexity index is 515. The molecule has 2 N–H and O–H groups in total. The Kier molecular flexibility index (Phi) is 3.78. The fraction of sp³-hybridized carbons (Fsp3) is 0.562. The number of fused-ring (bicyclic) bond motifs is 1. The summed E-state index contributed by atoms with van der Waals surface area (Å²) in [7, 11) is 0. The predicted molar refractivity (Wildman–Crippen MR) is 81.7 cm³/mol. The van der Waals surface area contributed by atoms with Crippen LogP contribution >= 0.6 is 11.8 Å². The number of benzene rings is 1. The number of thioether (sulfide) groups is 1. The number of carbonyl (C=O) groups is 1. The van der Waals surface area contributed by atoms with Crippen LogP contribution < -0.4 is 5.32 Å². The van der Waals surface area contributed by atoms with Crippen LogP contribution in [-0.2, 0) is 11.2 Å². The molecule has 2 aliphatic rings. The second-order valence-corrected chi connectivity index (χ2v) is 7.25. The van der Waals surface area contributed by atoms with Crippen LogP contribution in [0.25, 0.3) is 0 Å². The highest BCUT2D eigenvalue weighted by atomic mass is 32.2. The minimum absolute atomic E-state index is 0.0163. The van der Waals surface area contributed by atoms with E-state index in [9.17, 15) is 9.90 Å². The van der Waals surface area contributed by atoms with Crippen molar-refractivity contribution in [2.24, 2.45) is 5.92 Å². The van der Waals surface area contributed by atoms with Gasteiger partial charge in [0.15, 0.2) is 0 Å². The molecule has 1 saturated carbocycles. The van der Waals surface area contributed by atoms with Gasteiger partial charge in [0.05, 0.1) is 12.1 Å². The summed E-state index contributed by atoms with van der Waals surface area (Å²) >= 11 is 1.70. The maximum Gasteiger partial charge on any atom is 0.238 e. The van der Waals surface area contributed by atoms with Gasteiger partial charge in [-0.1, -0.05) is 24.3 Å². The Morgan fingerprint density at radius 2 is 2.20 bits per heavy atom. The van der Waals surface area contributed by atoms with Crippen LogP contribution in [0.5, 0.6) is 0 Å². The lowest BCUT2D eigenvalue weighted by atomic mass is 9.95. The van der Waals surface area contributed by atoms with E-state index in [1.807, 2.05) is 19.1 Å². The summed E-state index contributed by atoms with van der Waals surface area (Å²) in [6, 6.07) is 8.20. The summed E-state index contributed by atoms with van der Waals surface area (Å²) in [5.74, 6) is 1.46. The van der Waals surface area contributed by atoms with Gasteiger partial charge >= 0.3 is 0 Å². The molecule has 0 bridgehead atoms. The third-order valence-corrected chi connectivity index (χ3v) is 5.69. The van der Waals surface area contributed by atoms with Gasteiger partial charge in [-0.3, -0.25) is 4.79 Å². The van der Waals surface area contributed by atoms with E-state index in [0.717, 1.165) is 30.6 Å². The van der Waals surface area contributed by atoms with E-state index in [1.54, 1.807) is 11.8 Å². The van der Waals surface area contributed by atoms with Crippen LogP contribution in [0.3, 0.4) is 0 Å². The molecule has 1 fully saturated rings. The molecule has 1 heterocycles. The molecular weight excluding hydrogens is 270 g/mol. The largest absolute Gasteiger partial charge is 0.394 e. The molecule has 3 rings (SSSR count). The SMILES string of the molecule is CC(CO)(NC(=O)C1SCCc2ccccc21)C1CC1. The molecule has 1 aromatic carbocycles. The Morgan fingerprint density at radius 1 is 1.45 bits per heavy atom. The van der Waals surface area contributed by atoms with Crippen LogP contribution in [0.1, 0.15) is 36.1 Å². The van der Waals surface area contributed by atoms with E-state index in [0.29, 0.717) is 5.92 Å². The number of rotatable bonds is 4. The van der Waals surface area contributed by atoms with Crippen molar-refractivity contribution in [3.8, 4) is 0 Å². The molecule has 2 atom stereocenters. The van der Waals surface area contributed by atoms with Gasteiger partial charge < -0.3 is 10.4 Å². The number of amides is 1. The first kappa shape index (κ1) is 14.0. The highest BCUT2D eigenvalue weighted by Crippen LogP contribution is 2.41. The van der Waals surface area contributed by atoms with E-state index in [1.165, 1.54) is 5.56 Å². The Morgan fingerprint density at radius 3 is 2.90 bits per heavy atom. The summed E-state index contributed by atoms with van der Waals surface area (Å²) in [6.07, 6.45) is 3.24. The first-order valence-corrected chi connectivity index (χ1v) is 8.31. The zero-order valence-corrected chi connectivity index (χ0v) is 12.6. The summed E-state index contributed by atoms with van der Waals surface area (Å²) in [5, 5.41) is 12.6. The van der Waals surface area contributed by atoms with Crippen molar-refractivity contribution in [3.63, 3.8) is 0 Å². The average Bonchev–Trinajstić information content (AvgIpc) is 3.31. The molecule has 20 heavy (non-hydrogen) atoms. The predicted octanol–water partition coefficient (Wildman–Crippen LogP) is 2.29. The molecule has 1 aromatic rings. The molecule has 1 aliphatic heterocycles. The summed E-state index contributed by atoms with van der Waals surface area (Å²) in [5.41, 5.74) is 1.96. The normalized spacial score (nSPS) is 24.6. The summed E-state index contributed by atoms with van der Waals surface area (Å²) < 4.78 is 0. The lowest BCUT2D eigenvalue weighted by molar-refractivity contribution is -0.123. The zero-order valence-electron chi connectivity index (χ0n) is 11.8. The number of nitrogens with one attached hydrogen (secondary N) is 1. The Balaban J connectivity index is 1.78. The molecule has 3 nitrogen and oxygen atoms in total. The van der Waals surface area contributed by atoms with Crippen molar-refractivity contribution < 1.29 is 9.90 Å². The van der Waals surface area contributed by atoms with Crippen molar-refractivity contribution in [1.29, 1.82) is 0 Å². The molecule has 2 unspecified atom stereocenters. The highest BCUT2D eigenvalue weighted by Gasteiger charge is 2.43. The van der Waals surface area contributed by atoms with Crippen molar-refractivity contribution in [2.45, 2.75) is 37.0 Å². The lowest BCUT2D eigenvalue weighted by Gasteiger charge is -2.32. The smallest absolute Gasteiger partial charge is 0.238 e. The summed E-state index contributed by atoms with van der Waals surface area (Å²) in [4.78, 5) is 12.6. The number of hydrogen-bond acceptors (Lipinski definition) is 3. The molecule has 0 saturated heterocycles. The monoisotopic (exact) mass is 291 g/mol. The maximum absolute atomic E-state index is 12.6. The topological polar surface area (TPSA) is 49.3 Å². The van der Waals surface area contributed by atoms with Crippen molar-refractivity contribution in [2.75, 3.05) is 12.4 Å². The van der Waals surface area contributed by atoms with Crippen molar-refractivity contribution >= 4 is 17.7 Å². The summed E-state index contributed by atoms with van der Waals surface area (Å²) in [6.45, 7) is 1.98. The molecule has 4 heteroatoms. The number of aryl methyl sites for hydroxylation is 1. The van der Waals surface area contributed by atoms with Crippen LogP contribution in [-0.4, -0.2) is 28.9 Å². The van der Waals surface area contributed by atoms with Gasteiger partial charge in [0.2, 0.25) is 5.91 Å². The van der Waals surface area contributed by atoms with E-state index in [4.69, 9.17) is 0 Å².